The van der Waals surface area contributed by atoms with Crippen molar-refractivity contribution in [1.82, 2.24) is 9.55 Å². The van der Waals surface area contributed by atoms with Gasteiger partial charge in [0.2, 0.25) is 0 Å². The summed E-state index contributed by atoms with van der Waals surface area (Å²) in [5.74, 6) is 1.95. The minimum absolute atomic E-state index is 0.975. The number of nitrogens with zero attached hydrogens (tertiary/aromatic N) is 2. The van der Waals surface area contributed by atoms with Crippen LogP contribution >= 0.6 is 11.8 Å². The van der Waals surface area contributed by atoms with E-state index < -0.39 is 0 Å². The van der Waals surface area contributed by atoms with E-state index in [1.807, 2.05) is 36.2 Å². The van der Waals surface area contributed by atoms with Crippen LogP contribution in [0.2, 0.25) is 0 Å². The molecule has 0 aliphatic rings. The molecule has 0 bridgehead atoms. The minimum atomic E-state index is 0.975. The molecule has 0 saturated heterocycles. The molecule has 0 radical (unpaired) electrons. The number of aryl methyl sites for hydroxylation is 2. The number of thioether (sulfide) groups is 1. The number of aromatic nitrogens is 2. The molecule has 0 aliphatic carbocycles. The largest absolute Gasteiger partial charge is 0.293 e. The molecule has 0 aliphatic heterocycles. The second-order valence-corrected chi connectivity index (χ2v) is 6.05. The Balaban J connectivity index is 1.86. The van der Waals surface area contributed by atoms with Crippen LogP contribution in [0, 0.1) is 13.8 Å². The molecular formula is C18H18N2S. The standard InChI is InChI=1S/C18H18N2S/c1-14-7-3-4-8-16(14)13-21-18-11-10-15(2)20(18)17-9-5-6-12-19-17/h3-12H,13H2,1-2H3. The van der Waals surface area contributed by atoms with Crippen molar-refractivity contribution in [3.8, 4) is 5.82 Å². The minimum Gasteiger partial charge on any atom is -0.293 e. The van der Waals surface area contributed by atoms with E-state index in [4.69, 9.17) is 0 Å². The van der Waals surface area contributed by atoms with Gasteiger partial charge in [-0.1, -0.05) is 30.3 Å². The van der Waals surface area contributed by atoms with Crippen LogP contribution in [0.3, 0.4) is 0 Å². The summed E-state index contributed by atoms with van der Waals surface area (Å²) in [4.78, 5) is 4.46. The predicted molar refractivity (Wildman–Crippen MR) is 89.0 cm³/mol. The third-order valence-electron chi connectivity index (χ3n) is 3.56. The first kappa shape index (κ1) is 14.0. The Labute approximate surface area is 129 Å². The highest BCUT2D eigenvalue weighted by molar-refractivity contribution is 7.98. The van der Waals surface area contributed by atoms with Crippen molar-refractivity contribution in [2.45, 2.75) is 24.6 Å². The zero-order chi connectivity index (χ0) is 14.7. The zero-order valence-electron chi connectivity index (χ0n) is 12.3. The molecule has 2 nitrogen and oxygen atoms in total. The lowest BCUT2D eigenvalue weighted by molar-refractivity contribution is 0.875. The van der Waals surface area contributed by atoms with E-state index in [9.17, 15) is 0 Å². The Bertz CT molecular complexity index is 732. The van der Waals surface area contributed by atoms with Crippen LogP contribution in [0.5, 0.6) is 0 Å². The monoisotopic (exact) mass is 294 g/mol. The van der Waals surface area contributed by atoms with Gasteiger partial charge < -0.3 is 0 Å². The van der Waals surface area contributed by atoms with E-state index in [0.29, 0.717) is 0 Å². The van der Waals surface area contributed by atoms with E-state index >= 15 is 0 Å². The highest BCUT2D eigenvalue weighted by Gasteiger charge is 2.09. The van der Waals surface area contributed by atoms with Gasteiger partial charge in [0, 0.05) is 17.6 Å². The molecule has 3 rings (SSSR count). The molecule has 2 aromatic heterocycles. The summed E-state index contributed by atoms with van der Waals surface area (Å²) in [6.45, 7) is 4.28. The van der Waals surface area contributed by atoms with Crippen LogP contribution in [-0.4, -0.2) is 9.55 Å². The molecule has 1 aromatic carbocycles. The quantitative estimate of drug-likeness (QED) is 0.644. The van der Waals surface area contributed by atoms with Gasteiger partial charge in [0.25, 0.3) is 0 Å². The molecule has 2 heterocycles. The van der Waals surface area contributed by atoms with Gasteiger partial charge in [-0.2, -0.15) is 0 Å². The normalized spacial score (nSPS) is 10.8. The maximum absolute atomic E-state index is 4.46. The lowest BCUT2D eigenvalue weighted by Crippen LogP contribution is -2.00. The molecule has 3 aromatic rings. The lowest BCUT2D eigenvalue weighted by atomic mass is 10.1. The van der Waals surface area contributed by atoms with Crippen LogP contribution in [-0.2, 0) is 5.75 Å². The highest BCUT2D eigenvalue weighted by atomic mass is 32.2. The molecule has 0 N–H and O–H groups in total. The Hall–Kier alpha value is -2.00. The summed E-state index contributed by atoms with van der Waals surface area (Å²) >= 11 is 1.85. The van der Waals surface area contributed by atoms with Gasteiger partial charge in [0.15, 0.2) is 0 Å². The molecule has 0 atom stereocenters. The third-order valence-corrected chi connectivity index (χ3v) is 4.63. The Morgan fingerprint density at radius 1 is 0.952 bits per heavy atom. The highest BCUT2D eigenvalue weighted by Crippen LogP contribution is 2.28. The predicted octanol–water partition coefficient (Wildman–Crippen LogP) is 4.78. The average molecular weight is 294 g/mol. The molecule has 106 valence electrons. The second kappa shape index (κ2) is 6.19. The fraction of sp³-hybridized carbons (Fsp3) is 0.167. The fourth-order valence-electron chi connectivity index (χ4n) is 2.33. The van der Waals surface area contributed by atoms with E-state index in [0.717, 1.165) is 11.6 Å². The fourth-order valence-corrected chi connectivity index (χ4v) is 3.49. The van der Waals surface area contributed by atoms with Crippen LogP contribution in [0.15, 0.2) is 65.8 Å². The van der Waals surface area contributed by atoms with Gasteiger partial charge in [-0.15, -0.1) is 11.8 Å². The number of rotatable bonds is 4. The van der Waals surface area contributed by atoms with Gasteiger partial charge in [-0.25, -0.2) is 4.98 Å². The van der Waals surface area contributed by atoms with Gasteiger partial charge >= 0.3 is 0 Å². The van der Waals surface area contributed by atoms with Crippen molar-refractivity contribution in [2.24, 2.45) is 0 Å². The summed E-state index contributed by atoms with van der Waals surface area (Å²) in [6, 6.07) is 18.9. The van der Waals surface area contributed by atoms with Crippen molar-refractivity contribution in [3.05, 3.63) is 77.6 Å². The molecule has 0 amide bonds. The second-order valence-electron chi connectivity index (χ2n) is 5.05. The van der Waals surface area contributed by atoms with Crippen LogP contribution < -0.4 is 0 Å². The Kier molecular flexibility index (Phi) is 4.11. The van der Waals surface area contributed by atoms with E-state index in [-0.39, 0.29) is 0 Å². The zero-order valence-corrected chi connectivity index (χ0v) is 13.1. The molecule has 3 heteroatoms. The topological polar surface area (TPSA) is 17.8 Å². The maximum atomic E-state index is 4.46. The first-order chi connectivity index (χ1) is 10.3. The summed E-state index contributed by atoms with van der Waals surface area (Å²) in [5, 5.41) is 1.23. The van der Waals surface area contributed by atoms with Gasteiger partial charge in [0.1, 0.15) is 5.82 Å². The summed E-state index contributed by atoms with van der Waals surface area (Å²) < 4.78 is 2.21. The van der Waals surface area contributed by atoms with Crippen molar-refractivity contribution >= 4 is 11.8 Å². The average Bonchev–Trinajstić information content (AvgIpc) is 2.88. The number of hydrogen-bond donors (Lipinski definition) is 0. The van der Waals surface area contributed by atoms with Crippen LogP contribution in [0.4, 0.5) is 0 Å². The Morgan fingerprint density at radius 2 is 1.76 bits per heavy atom. The number of benzene rings is 1. The molecule has 0 fully saturated rings. The molecular weight excluding hydrogens is 276 g/mol. The van der Waals surface area contributed by atoms with Crippen molar-refractivity contribution in [2.75, 3.05) is 0 Å². The molecule has 0 unspecified atom stereocenters. The SMILES string of the molecule is Cc1ccccc1CSc1ccc(C)n1-c1ccccn1. The molecule has 21 heavy (non-hydrogen) atoms. The van der Waals surface area contributed by atoms with Crippen LogP contribution in [0.25, 0.3) is 5.82 Å². The molecule has 0 spiro atoms. The third kappa shape index (κ3) is 3.03. The summed E-state index contributed by atoms with van der Waals surface area (Å²) in [6.07, 6.45) is 1.84. The van der Waals surface area contributed by atoms with Crippen LogP contribution in [0.1, 0.15) is 16.8 Å². The smallest absolute Gasteiger partial charge is 0.137 e. The van der Waals surface area contributed by atoms with Crippen molar-refractivity contribution in [1.29, 1.82) is 0 Å². The Morgan fingerprint density at radius 3 is 2.52 bits per heavy atom. The first-order valence-corrected chi connectivity index (χ1v) is 8.01. The first-order valence-electron chi connectivity index (χ1n) is 7.03. The lowest BCUT2D eigenvalue weighted by Gasteiger charge is -2.11. The van der Waals surface area contributed by atoms with E-state index in [2.05, 4.69) is 59.8 Å². The van der Waals surface area contributed by atoms with Gasteiger partial charge in [-0.3, -0.25) is 4.57 Å². The van der Waals surface area contributed by atoms with Gasteiger partial charge in [0.05, 0.1) is 5.03 Å². The molecule has 0 saturated carbocycles. The maximum Gasteiger partial charge on any atom is 0.137 e. The number of hydrogen-bond acceptors (Lipinski definition) is 2. The number of pyridine rings is 1. The summed E-state index contributed by atoms with van der Waals surface area (Å²) in [7, 11) is 0. The van der Waals surface area contributed by atoms with Crippen molar-refractivity contribution < 1.29 is 0 Å². The van der Waals surface area contributed by atoms with E-state index in [1.165, 1.54) is 21.8 Å². The summed E-state index contributed by atoms with van der Waals surface area (Å²) in [5.41, 5.74) is 3.94. The van der Waals surface area contributed by atoms with Crippen molar-refractivity contribution in [3.63, 3.8) is 0 Å². The van der Waals surface area contributed by atoms with E-state index in [1.54, 1.807) is 0 Å². The van der Waals surface area contributed by atoms with Gasteiger partial charge in [-0.05, 0) is 49.2 Å².